The maximum Gasteiger partial charge on any atom is 0.407 e. The number of ether oxygens (including phenoxy) is 3. The van der Waals surface area contributed by atoms with E-state index >= 15 is 0 Å². The molecule has 11 heteroatoms. The van der Waals surface area contributed by atoms with Gasteiger partial charge in [0.15, 0.2) is 0 Å². The molecule has 0 aromatic heterocycles. The molecule has 2 unspecified atom stereocenters. The third-order valence-corrected chi connectivity index (χ3v) is 8.28. The van der Waals surface area contributed by atoms with E-state index < -0.39 is 40.5 Å². The molecule has 1 fully saturated rings. The summed E-state index contributed by atoms with van der Waals surface area (Å²) in [6, 6.07) is 14.6. The number of rotatable bonds is 12. The van der Waals surface area contributed by atoms with Crippen LogP contribution in [0.25, 0.3) is 0 Å². The van der Waals surface area contributed by atoms with Gasteiger partial charge >= 0.3 is 6.09 Å². The van der Waals surface area contributed by atoms with Crippen molar-refractivity contribution in [3.63, 3.8) is 0 Å². The summed E-state index contributed by atoms with van der Waals surface area (Å²) in [7, 11) is -2.45. The molecule has 0 bridgehead atoms. The first-order valence-corrected chi connectivity index (χ1v) is 14.6. The topological polar surface area (TPSA) is 135 Å². The molecule has 10 nitrogen and oxygen atoms in total. The average molecular weight is 565 g/mol. The predicted octanol–water partition coefficient (Wildman–Crippen LogP) is 2.58. The fourth-order valence-corrected chi connectivity index (χ4v) is 5.99. The number of alkyl carbamates (subject to hydrolysis) is 1. The van der Waals surface area contributed by atoms with Gasteiger partial charge in [-0.2, -0.15) is 4.31 Å². The molecule has 0 aliphatic carbocycles. The van der Waals surface area contributed by atoms with Crippen molar-refractivity contribution in [1.29, 1.82) is 0 Å². The van der Waals surface area contributed by atoms with E-state index in [1.807, 2.05) is 44.2 Å². The third kappa shape index (κ3) is 9.47. The molecule has 4 atom stereocenters. The number of carbonyl (C=O) groups excluding carboxylic acids is 1. The van der Waals surface area contributed by atoms with Crippen molar-refractivity contribution in [2.75, 3.05) is 33.4 Å². The minimum absolute atomic E-state index is 0.0127. The predicted molar refractivity (Wildman–Crippen MR) is 146 cm³/mol. The number of nitrogens with zero attached hydrogens (tertiary/aromatic N) is 1. The molecule has 3 N–H and O–H groups in total. The van der Waals surface area contributed by atoms with Crippen LogP contribution in [0.4, 0.5) is 4.79 Å². The van der Waals surface area contributed by atoms with E-state index in [9.17, 15) is 23.4 Å². The minimum atomic E-state index is -3.95. The largest absolute Gasteiger partial charge is 0.497 e. The van der Waals surface area contributed by atoms with E-state index in [0.29, 0.717) is 18.6 Å². The molecular formula is C28H40N2O8S. The summed E-state index contributed by atoms with van der Waals surface area (Å²) in [5, 5.41) is 23.8. The molecule has 0 spiro atoms. The van der Waals surface area contributed by atoms with Gasteiger partial charge in [-0.3, -0.25) is 0 Å². The Morgan fingerprint density at radius 1 is 1.08 bits per heavy atom. The van der Waals surface area contributed by atoms with Gasteiger partial charge in [-0.1, -0.05) is 44.2 Å². The number of nitrogens with one attached hydrogen (secondary N) is 1. The lowest BCUT2D eigenvalue weighted by Gasteiger charge is -2.31. The van der Waals surface area contributed by atoms with Gasteiger partial charge in [0.25, 0.3) is 0 Å². The zero-order valence-corrected chi connectivity index (χ0v) is 23.5. The van der Waals surface area contributed by atoms with Crippen LogP contribution in [0.3, 0.4) is 0 Å². The Balaban J connectivity index is 1.78. The SMILES string of the molecule is COc1ccc(S(=O)(=O)N(CC(C)C)C[C@H](O)[C@@H](Cc2ccccc2)NC(=O)OC2CCC(O)COC2)cc1. The molecule has 1 heterocycles. The van der Waals surface area contributed by atoms with Gasteiger partial charge in [-0.25, -0.2) is 13.2 Å². The number of hydrogen-bond acceptors (Lipinski definition) is 8. The zero-order valence-electron chi connectivity index (χ0n) is 22.7. The Bertz CT molecular complexity index is 1130. The van der Waals surface area contributed by atoms with Crippen molar-refractivity contribution < 1.29 is 37.6 Å². The summed E-state index contributed by atoms with van der Waals surface area (Å²) in [5.74, 6) is 0.518. The Kier molecular flexibility index (Phi) is 11.6. The summed E-state index contributed by atoms with van der Waals surface area (Å²) in [6.45, 7) is 4.08. The molecule has 1 aliphatic heterocycles. The van der Waals surface area contributed by atoms with Crippen molar-refractivity contribution in [3.05, 3.63) is 60.2 Å². The molecule has 39 heavy (non-hydrogen) atoms. The number of hydrogen-bond donors (Lipinski definition) is 3. The van der Waals surface area contributed by atoms with Gasteiger partial charge in [0, 0.05) is 13.1 Å². The van der Waals surface area contributed by atoms with Crippen LogP contribution in [-0.4, -0.2) is 86.8 Å². The van der Waals surface area contributed by atoms with E-state index in [2.05, 4.69) is 5.32 Å². The Morgan fingerprint density at radius 3 is 2.41 bits per heavy atom. The zero-order chi connectivity index (χ0) is 28.4. The molecule has 0 radical (unpaired) electrons. The number of benzene rings is 2. The van der Waals surface area contributed by atoms with Crippen LogP contribution in [0, 0.1) is 5.92 Å². The van der Waals surface area contributed by atoms with E-state index in [1.165, 1.54) is 23.5 Å². The van der Waals surface area contributed by atoms with Crippen molar-refractivity contribution in [2.24, 2.45) is 5.92 Å². The van der Waals surface area contributed by atoms with Crippen LogP contribution in [0.15, 0.2) is 59.5 Å². The van der Waals surface area contributed by atoms with Crippen molar-refractivity contribution >= 4 is 16.1 Å². The lowest BCUT2D eigenvalue weighted by atomic mass is 10.0. The van der Waals surface area contributed by atoms with Gasteiger partial charge in [-0.05, 0) is 55.0 Å². The summed E-state index contributed by atoms with van der Waals surface area (Å²) in [5.41, 5.74) is 0.858. The van der Waals surface area contributed by atoms with E-state index in [4.69, 9.17) is 14.2 Å². The van der Waals surface area contributed by atoms with Crippen molar-refractivity contribution in [2.45, 2.75) is 62.4 Å². The maximum absolute atomic E-state index is 13.6. The number of methoxy groups -OCH3 is 1. The Hall–Kier alpha value is -2.70. The molecule has 2 aromatic rings. The summed E-state index contributed by atoms with van der Waals surface area (Å²) in [6.07, 6.45) is -1.97. The first kappa shape index (κ1) is 30.8. The molecule has 216 valence electrons. The number of aliphatic hydroxyl groups excluding tert-OH is 2. The van der Waals surface area contributed by atoms with Crippen LogP contribution in [-0.2, 0) is 25.9 Å². The summed E-state index contributed by atoms with van der Waals surface area (Å²) in [4.78, 5) is 12.9. The second-order valence-corrected chi connectivity index (χ2v) is 12.1. The number of aliphatic hydroxyl groups is 2. The molecule has 1 amide bonds. The van der Waals surface area contributed by atoms with Crippen LogP contribution >= 0.6 is 0 Å². The smallest absolute Gasteiger partial charge is 0.407 e. The summed E-state index contributed by atoms with van der Waals surface area (Å²) < 4.78 is 44.4. The highest BCUT2D eigenvalue weighted by Crippen LogP contribution is 2.22. The quantitative estimate of drug-likeness (QED) is 0.358. The van der Waals surface area contributed by atoms with Gasteiger partial charge in [0.1, 0.15) is 11.9 Å². The van der Waals surface area contributed by atoms with Crippen LogP contribution in [0.1, 0.15) is 32.3 Å². The number of amides is 1. The highest BCUT2D eigenvalue weighted by Gasteiger charge is 2.32. The van der Waals surface area contributed by atoms with E-state index in [1.54, 1.807) is 12.1 Å². The fraction of sp³-hybridized carbons (Fsp3) is 0.536. The average Bonchev–Trinajstić information content (AvgIpc) is 3.11. The van der Waals surface area contributed by atoms with E-state index in [0.717, 1.165) is 5.56 Å². The molecule has 1 aliphatic rings. The second-order valence-electron chi connectivity index (χ2n) is 10.2. The first-order chi connectivity index (χ1) is 18.6. The molecule has 2 aromatic carbocycles. The van der Waals surface area contributed by atoms with Gasteiger partial charge in [0.05, 0.1) is 43.5 Å². The highest BCUT2D eigenvalue weighted by molar-refractivity contribution is 7.89. The normalized spacial score (nSPS) is 19.8. The Morgan fingerprint density at radius 2 is 1.77 bits per heavy atom. The second kappa shape index (κ2) is 14.6. The maximum atomic E-state index is 13.6. The molecule has 1 saturated heterocycles. The molecular weight excluding hydrogens is 524 g/mol. The number of carbonyl (C=O) groups is 1. The lowest BCUT2D eigenvalue weighted by molar-refractivity contribution is 0.0102. The van der Waals surface area contributed by atoms with Crippen molar-refractivity contribution in [3.8, 4) is 5.75 Å². The van der Waals surface area contributed by atoms with Crippen LogP contribution < -0.4 is 10.1 Å². The standard InChI is InChI=1S/C28H40N2O8S/c1-20(2)16-30(39(34,35)25-13-11-23(36-3)12-14-25)17-27(32)26(15-21-7-5-4-6-8-21)29-28(33)38-24-10-9-22(31)18-37-19-24/h4-8,11-14,20,22,24,26-27,31-32H,9-10,15-19H2,1-3H3,(H,29,33)/t22?,24?,26-,27+/m1/s1. The van der Waals surface area contributed by atoms with Gasteiger partial charge in [-0.15, -0.1) is 0 Å². The van der Waals surface area contributed by atoms with Gasteiger partial charge < -0.3 is 29.7 Å². The van der Waals surface area contributed by atoms with Crippen molar-refractivity contribution in [1.82, 2.24) is 9.62 Å². The highest BCUT2D eigenvalue weighted by atomic mass is 32.2. The monoisotopic (exact) mass is 564 g/mol. The van der Waals surface area contributed by atoms with Gasteiger partial charge in [0.2, 0.25) is 10.0 Å². The Labute approximate surface area is 230 Å². The number of sulfonamides is 1. The lowest BCUT2D eigenvalue weighted by Crippen LogP contribution is -2.51. The third-order valence-electron chi connectivity index (χ3n) is 6.43. The molecule has 0 saturated carbocycles. The minimum Gasteiger partial charge on any atom is -0.497 e. The fourth-order valence-electron chi connectivity index (χ4n) is 4.37. The van der Waals surface area contributed by atoms with E-state index in [-0.39, 0.29) is 43.5 Å². The summed E-state index contributed by atoms with van der Waals surface area (Å²) >= 11 is 0. The van der Waals surface area contributed by atoms with Crippen LogP contribution in [0.5, 0.6) is 5.75 Å². The van der Waals surface area contributed by atoms with Crippen LogP contribution in [0.2, 0.25) is 0 Å². The molecule has 3 rings (SSSR count). The first-order valence-electron chi connectivity index (χ1n) is 13.2.